The zero-order valence-electron chi connectivity index (χ0n) is 12.2. The van der Waals surface area contributed by atoms with Gasteiger partial charge < -0.3 is 0 Å². The Balaban J connectivity index is 2.03. The summed E-state index contributed by atoms with van der Waals surface area (Å²) in [6, 6.07) is 15.8. The molecule has 0 bridgehead atoms. The van der Waals surface area contributed by atoms with Gasteiger partial charge in [-0.3, -0.25) is 15.2 Å². The molecule has 0 saturated heterocycles. The molecule has 110 valence electrons. The van der Waals surface area contributed by atoms with Crippen molar-refractivity contribution in [3.8, 4) is 0 Å². The monoisotopic (exact) mass is 286 g/mol. The van der Waals surface area contributed by atoms with Crippen molar-refractivity contribution in [3.05, 3.63) is 66.0 Å². The first-order valence-electron chi connectivity index (χ1n) is 6.94. The van der Waals surface area contributed by atoms with Gasteiger partial charge in [-0.15, -0.1) is 0 Å². The predicted octanol–water partition coefficient (Wildman–Crippen LogP) is 3.31. The van der Waals surface area contributed by atoms with Gasteiger partial charge in [0.2, 0.25) is 5.91 Å². The summed E-state index contributed by atoms with van der Waals surface area (Å²) in [6.45, 7) is 4.01. The van der Waals surface area contributed by atoms with Crippen molar-refractivity contribution in [1.29, 1.82) is 0 Å². The van der Waals surface area contributed by atoms with Crippen LogP contribution >= 0.6 is 0 Å². The molecule has 2 aromatic rings. The maximum Gasteiger partial charge on any atom is 0.242 e. The molecule has 21 heavy (non-hydrogen) atoms. The van der Waals surface area contributed by atoms with Crippen LogP contribution in [0.1, 0.15) is 19.4 Å². The second-order valence-electron chi connectivity index (χ2n) is 5.14. The molecule has 0 aromatic heterocycles. The number of halogens is 1. The Morgan fingerprint density at radius 1 is 1.10 bits per heavy atom. The van der Waals surface area contributed by atoms with Gasteiger partial charge in [0.05, 0.1) is 12.1 Å². The van der Waals surface area contributed by atoms with E-state index in [0.717, 1.165) is 11.3 Å². The van der Waals surface area contributed by atoms with Crippen molar-refractivity contribution in [1.82, 2.24) is 5.43 Å². The number of hydrogen-bond acceptors (Lipinski definition) is 2. The third-order valence-corrected chi connectivity index (χ3v) is 3.07. The number of rotatable bonds is 5. The molecule has 0 unspecified atom stereocenters. The molecule has 0 atom stereocenters. The molecule has 0 heterocycles. The van der Waals surface area contributed by atoms with Crippen LogP contribution in [0.3, 0.4) is 0 Å². The first-order chi connectivity index (χ1) is 10.1. The van der Waals surface area contributed by atoms with Crippen LogP contribution in [-0.4, -0.2) is 11.9 Å². The number of amides is 1. The standard InChI is InChI=1S/C17H19FN2O/c1-13(2)20(16-6-4-3-5-7-16)19-17(21)12-14-8-10-15(18)11-9-14/h3-11,13H,12H2,1-2H3,(H,19,21). The van der Waals surface area contributed by atoms with Crippen molar-refractivity contribution >= 4 is 11.6 Å². The van der Waals surface area contributed by atoms with E-state index in [1.807, 2.05) is 49.2 Å². The molecule has 2 rings (SSSR count). The molecule has 0 aliphatic heterocycles. The number of nitrogens with zero attached hydrogens (tertiary/aromatic N) is 1. The summed E-state index contributed by atoms with van der Waals surface area (Å²) in [5.74, 6) is -0.425. The lowest BCUT2D eigenvalue weighted by molar-refractivity contribution is -0.120. The fourth-order valence-corrected chi connectivity index (χ4v) is 2.04. The maximum atomic E-state index is 12.9. The van der Waals surface area contributed by atoms with Crippen LogP contribution < -0.4 is 10.4 Å². The van der Waals surface area contributed by atoms with E-state index in [4.69, 9.17) is 0 Å². The maximum absolute atomic E-state index is 12.9. The Hall–Kier alpha value is -2.36. The summed E-state index contributed by atoms with van der Waals surface area (Å²) in [5, 5.41) is 1.83. The Kier molecular flexibility index (Phi) is 4.93. The summed E-state index contributed by atoms with van der Waals surface area (Å²) in [5.41, 5.74) is 4.61. The lowest BCUT2D eigenvalue weighted by Gasteiger charge is -2.29. The largest absolute Gasteiger partial charge is 0.283 e. The number of nitrogens with one attached hydrogen (secondary N) is 1. The van der Waals surface area contributed by atoms with Gasteiger partial charge in [-0.25, -0.2) is 4.39 Å². The molecular formula is C17H19FN2O. The van der Waals surface area contributed by atoms with Crippen LogP contribution in [0.5, 0.6) is 0 Å². The molecule has 0 saturated carbocycles. The minimum absolute atomic E-state index is 0.126. The highest BCUT2D eigenvalue weighted by Gasteiger charge is 2.13. The smallest absolute Gasteiger partial charge is 0.242 e. The van der Waals surface area contributed by atoms with Gasteiger partial charge in [0.1, 0.15) is 5.82 Å². The minimum atomic E-state index is -0.299. The van der Waals surface area contributed by atoms with E-state index in [9.17, 15) is 9.18 Å². The highest BCUT2D eigenvalue weighted by Crippen LogP contribution is 2.14. The highest BCUT2D eigenvalue weighted by atomic mass is 19.1. The zero-order valence-corrected chi connectivity index (χ0v) is 12.2. The van der Waals surface area contributed by atoms with E-state index < -0.39 is 0 Å². The van der Waals surface area contributed by atoms with Crippen LogP contribution in [0.15, 0.2) is 54.6 Å². The number of hydrazine groups is 1. The molecule has 2 aromatic carbocycles. The molecule has 0 fully saturated rings. The first-order valence-corrected chi connectivity index (χ1v) is 6.94. The number of para-hydroxylation sites is 1. The third-order valence-electron chi connectivity index (χ3n) is 3.07. The van der Waals surface area contributed by atoms with E-state index in [2.05, 4.69) is 5.43 Å². The summed E-state index contributed by atoms with van der Waals surface area (Å²) >= 11 is 0. The van der Waals surface area contributed by atoms with Gasteiger partial charge in [0.15, 0.2) is 0 Å². The van der Waals surface area contributed by atoms with Gasteiger partial charge in [-0.05, 0) is 43.7 Å². The molecule has 0 radical (unpaired) electrons. The Morgan fingerprint density at radius 2 is 1.71 bits per heavy atom. The summed E-state index contributed by atoms with van der Waals surface area (Å²) in [6.07, 6.45) is 0.219. The SMILES string of the molecule is CC(C)N(NC(=O)Cc1ccc(F)cc1)c1ccccc1. The molecule has 1 N–H and O–H groups in total. The summed E-state index contributed by atoms with van der Waals surface area (Å²) in [4.78, 5) is 12.1. The molecule has 4 heteroatoms. The number of benzene rings is 2. The summed E-state index contributed by atoms with van der Waals surface area (Å²) in [7, 11) is 0. The average molecular weight is 286 g/mol. The van der Waals surface area contributed by atoms with Crippen LogP contribution in [-0.2, 0) is 11.2 Å². The quantitative estimate of drug-likeness (QED) is 0.855. The van der Waals surface area contributed by atoms with Crippen molar-refractivity contribution in [2.75, 3.05) is 5.01 Å². The average Bonchev–Trinajstić information content (AvgIpc) is 2.48. The second-order valence-corrected chi connectivity index (χ2v) is 5.14. The van der Waals surface area contributed by atoms with Gasteiger partial charge in [-0.2, -0.15) is 0 Å². The molecule has 0 spiro atoms. The lowest BCUT2D eigenvalue weighted by atomic mass is 10.1. The van der Waals surface area contributed by atoms with Crippen molar-refractivity contribution in [2.45, 2.75) is 26.3 Å². The Bertz CT molecular complexity index is 581. The fraction of sp³-hybridized carbons (Fsp3) is 0.235. The Labute approximate surface area is 124 Å². The summed E-state index contributed by atoms with van der Waals surface area (Å²) < 4.78 is 12.9. The van der Waals surface area contributed by atoms with Crippen molar-refractivity contribution in [3.63, 3.8) is 0 Å². The van der Waals surface area contributed by atoms with Crippen LogP contribution in [0.2, 0.25) is 0 Å². The zero-order chi connectivity index (χ0) is 15.2. The molecule has 0 aliphatic carbocycles. The van der Waals surface area contributed by atoms with Crippen LogP contribution in [0.4, 0.5) is 10.1 Å². The number of anilines is 1. The molecular weight excluding hydrogens is 267 g/mol. The van der Waals surface area contributed by atoms with Gasteiger partial charge in [-0.1, -0.05) is 30.3 Å². The van der Waals surface area contributed by atoms with Gasteiger partial charge in [0.25, 0.3) is 0 Å². The molecule has 3 nitrogen and oxygen atoms in total. The highest BCUT2D eigenvalue weighted by molar-refractivity contribution is 5.80. The fourth-order valence-electron chi connectivity index (χ4n) is 2.04. The van der Waals surface area contributed by atoms with E-state index in [1.54, 1.807) is 12.1 Å². The van der Waals surface area contributed by atoms with E-state index in [0.29, 0.717) is 0 Å². The lowest BCUT2D eigenvalue weighted by Crippen LogP contribution is -2.47. The van der Waals surface area contributed by atoms with E-state index in [1.165, 1.54) is 12.1 Å². The van der Waals surface area contributed by atoms with Gasteiger partial charge >= 0.3 is 0 Å². The predicted molar refractivity (Wildman–Crippen MR) is 82.3 cm³/mol. The number of hydrogen-bond donors (Lipinski definition) is 1. The molecule has 1 amide bonds. The number of carbonyl (C=O) groups is 1. The molecule has 0 aliphatic rings. The first kappa shape index (κ1) is 15.0. The minimum Gasteiger partial charge on any atom is -0.283 e. The normalized spacial score (nSPS) is 10.5. The number of carbonyl (C=O) groups excluding carboxylic acids is 1. The van der Waals surface area contributed by atoms with E-state index >= 15 is 0 Å². The van der Waals surface area contributed by atoms with Gasteiger partial charge in [0, 0.05) is 6.04 Å². The van der Waals surface area contributed by atoms with Crippen molar-refractivity contribution < 1.29 is 9.18 Å². The Morgan fingerprint density at radius 3 is 2.29 bits per heavy atom. The van der Waals surface area contributed by atoms with E-state index in [-0.39, 0.29) is 24.2 Å². The topological polar surface area (TPSA) is 32.3 Å². The van der Waals surface area contributed by atoms with Crippen molar-refractivity contribution in [2.24, 2.45) is 0 Å². The second kappa shape index (κ2) is 6.88. The van der Waals surface area contributed by atoms with Crippen LogP contribution in [0.25, 0.3) is 0 Å². The van der Waals surface area contributed by atoms with Crippen LogP contribution in [0, 0.1) is 5.82 Å². The third kappa shape index (κ3) is 4.31.